The van der Waals surface area contributed by atoms with E-state index >= 15 is 0 Å². The second-order valence-corrected chi connectivity index (χ2v) is 7.57. The molecule has 164 valence electrons. The van der Waals surface area contributed by atoms with Crippen molar-refractivity contribution in [2.75, 3.05) is 12.4 Å². The zero-order chi connectivity index (χ0) is 22.7. The molecule has 0 atom stereocenters. The highest BCUT2D eigenvalue weighted by Crippen LogP contribution is 2.32. The van der Waals surface area contributed by atoms with E-state index in [0.29, 0.717) is 28.3 Å². The second kappa shape index (κ2) is 9.01. The first-order chi connectivity index (χ1) is 15.5. The van der Waals surface area contributed by atoms with Crippen molar-refractivity contribution >= 4 is 23.1 Å². The molecule has 1 aliphatic rings. The molecule has 0 fully saturated rings. The Kier molecular flexibility index (Phi) is 5.98. The van der Waals surface area contributed by atoms with Crippen molar-refractivity contribution in [2.24, 2.45) is 0 Å². The molecular weight excluding hydrogens is 408 g/mol. The van der Waals surface area contributed by atoms with E-state index in [1.54, 1.807) is 43.5 Å². The van der Waals surface area contributed by atoms with Crippen molar-refractivity contribution in [1.82, 2.24) is 4.90 Å². The molecule has 2 heterocycles. The maximum absolute atomic E-state index is 13.3. The minimum Gasteiger partial charge on any atom is -0.497 e. The van der Waals surface area contributed by atoms with Crippen LogP contribution >= 0.6 is 0 Å². The van der Waals surface area contributed by atoms with Crippen molar-refractivity contribution in [2.45, 2.75) is 26.5 Å². The molecule has 3 aromatic rings. The van der Waals surface area contributed by atoms with Crippen molar-refractivity contribution in [3.05, 3.63) is 83.9 Å². The number of hydrogen-bond acceptors (Lipinski definition) is 6. The summed E-state index contributed by atoms with van der Waals surface area (Å²) in [7, 11) is 1.57. The standard InChI is InChI=1S/C25H24N2O5/c1-16(2)32-20-12-8-18(9-13-20)26-23-22(17-6-10-19(30-3)11-7-17)24(28)27(25(23)29)15-21-5-4-14-31-21/h4-14,16,26H,15H2,1-3H3. The summed E-state index contributed by atoms with van der Waals surface area (Å²) in [5, 5.41) is 3.14. The number of nitrogens with one attached hydrogen (secondary N) is 1. The monoisotopic (exact) mass is 432 g/mol. The van der Waals surface area contributed by atoms with Gasteiger partial charge in [-0.3, -0.25) is 14.5 Å². The average molecular weight is 432 g/mol. The lowest BCUT2D eigenvalue weighted by Gasteiger charge is -2.14. The van der Waals surface area contributed by atoms with Crippen LogP contribution in [-0.4, -0.2) is 29.9 Å². The molecule has 1 aliphatic heterocycles. The molecule has 0 unspecified atom stereocenters. The molecule has 1 aromatic heterocycles. The van der Waals surface area contributed by atoms with Crippen molar-refractivity contribution < 1.29 is 23.5 Å². The van der Waals surface area contributed by atoms with E-state index in [1.165, 1.54) is 11.2 Å². The number of methoxy groups -OCH3 is 1. The highest BCUT2D eigenvalue weighted by molar-refractivity contribution is 6.36. The van der Waals surface area contributed by atoms with Gasteiger partial charge in [0, 0.05) is 5.69 Å². The lowest BCUT2D eigenvalue weighted by molar-refractivity contribution is -0.137. The van der Waals surface area contributed by atoms with Crippen LogP contribution in [0.3, 0.4) is 0 Å². The van der Waals surface area contributed by atoms with Crippen LogP contribution in [0.25, 0.3) is 5.57 Å². The third kappa shape index (κ3) is 4.37. The Labute approximate surface area is 186 Å². The lowest BCUT2D eigenvalue weighted by Crippen LogP contribution is -2.31. The van der Waals surface area contributed by atoms with Gasteiger partial charge in [0.05, 0.1) is 31.6 Å². The van der Waals surface area contributed by atoms with Crippen molar-refractivity contribution in [1.29, 1.82) is 0 Å². The number of imide groups is 1. The summed E-state index contributed by atoms with van der Waals surface area (Å²) in [5.74, 6) is 1.10. The molecular formula is C25H24N2O5. The topological polar surface area (TPSA) is 81.0 Å². The molecule has 7 heteroatoms. The maximum atomic E-state index is 13.3. The second-order valence-electron chi connectivity index (χ2n) is 7.57. The predicted molar refractivity (Wildman–Crippen MR) is 120 cm³/mol. The van der Waals surface area contributed by atoms with Gasteiger partial charge in [0.15, 0.2) is 0 Å². The minimum atomic E-state index is -0.417. The number of rotatable bonds is 8. The number of anilines is 1. The smallest absolute Gasteiger partial charge is 0.278 e. The number of carbonyl (C=O) groups excluding carboxylic acids is 2. The number of nitrogens with zero attached hydrogens (tertiary/aromatic N) is 1. The number of amides is 2. The molecule has 2 amide bonds. The van der Waals surface area contributed by atoms with E-state index in [9.17, 15) is 9.59 Å². The Morgan fingerprint density at radius 2 is 1.62 bits per heavy atom. The molecule has 0 spiro atoms. The van der Waals surface area contributed by atoms with Gasteiger partial charge in [-0.2, -0.15) is 0 Å². The van der Waals surface area contributed by atoms with Crippen LogP contribution in [0, 0.1) is 0 Å². The van der Waals surface area contributed by atoms with E-state index in [1.807, 2.05) is 38.1 Å². The molecule has 7 nitrogen and oxygen atoms in total. The first kappa shape index (κ1) is 21.2. The van der Waals surface area contributed by atoms with Gasteiger partial charge in [-0.25, -0.2) is 0 Å². The summed E-state index contributed by atoms with van der Waals surface area (Å²) in [4.78, 5) is 27.7. The Hall–Kier alpha value is -4.00. The fraction of sp³-hybridized carbons (Fsp3) is 0.200. The Bertz CT molecular complexity index is 1130. The van der Waals surface area contributed by atoms with Gasteiger partial charge < -0.3 is 19.2 Å². The summed E-state index contributed by atoms with van der Waals surface area (Å²) in [6.45, 7) is 3.96. The normalized spacial score (nSPS) is 13.8. The number of hydrogen-bond donors (Lipinski definition) is 1. The highest BCUT2D eigenvalue weighted by Gasteiger charge is 2.39. The van der Waals surface area contributed by atoms with E-state index in [0.717, 1.165) is 5.75 Å². The lowest BCUT2D eigenvalue weighted by atomic mass is 10.0. The summed E-state index contributed by atoms with van der Waals surface area (Å²) in [6.07, 6.45) is 1.57. The summed E-state index contributed by atoms with van der Waals surface area (Å²) in [6, 6.07) is 17.7. The van der Waals surface area contributed by atoms with Gasteiger partial charge in [-0.1, -0.05) is 12.1 Å². The molecule has 2 aromatic carbocycles. The number of furan rings is 1. The number of carbonyl (C=O) groups is 2. The molecule has 4 rings (SSSR count). The SMILES string of the molecule is COc1ccc(C2=C(Nc3ccc(OC(C)C)cc3)C(=O)N(Cc3ccco3)C2=O)cc1. The van der Waals surface area contributed by atoms with Crippen LogP contribution in [0.15, 0.2) is 77.0 Å². The van der Waals surface area contributed by atoms with Crippen LogP contribution in [0.4, 0.5) is 5.69 Å². The first-order valence-corrected chi connectivity index (χ1v) is 10.3. The third-order valence-corrected chi connectivity index (χ3v) is 4.94. The zero-order valence-corrected chi connectivity index (χ0v) is 18.1. The van der Waals surface area contributed by atoms with Crippen LogP contribution in [0.5, 0.6) is 11.5 Å². The van der Waals surface area contributed by atoms with Gasteiger partial charge in [0.25, 0.3) is 11.8 Å². The summed E-state index contributed by atoms with van der Waals surface area (Å²) >= 11 is 0. The van der Waals surface area contributed by atoms with E-state index < -0.39 is 5.91 Å². The third-order valence-electron chi connectivity index (χ3n) is 4.94. The van der Waals surface area contributed by atoms with Crippen LogP contribution in [-0.2, 0) is 16.1 Å². The zero-order valence-electron chi connectivity index (χ0n) is 18.1. The quantitative estimate of drug-likeness (QED) is 0.529. The van der Waals surface area contributed by atoms with Gasteiger partial charge in [-0.15, -0.1) is 0 Å². The van der Waals surface area contributed by atoms with E-state index in [-0.39, 0.29) is 24.3 Å². The fourth-order valence-corrected chi connectivity index (χ4v) is 3.45. The molecule has 1 N–H and O–H groups in total. The van der Waals surface area contributed by atoms with Gasteiger partial charge in [0.2, 0.25) is 0 Å². The Morgan fingerprint density at radius 3 is 2.22 bits per heavy atom. The van der Waals surface area contributed by atoms with E-state index in [2.05, 4.69) is 5.32 Å². The highest BCUT2D eigenvalue weighted by atomic mass is 16.5. The van der Waals surface area contributed by atoms with Gasteiger partial charge in [0.1, 0.15) is 23.0 Å². The number of benzene rings is 2. The Morgan fingerprint density at radius 1 is 0.938 bits per heavy atom. The fourth-order valence-electron chi connectivity index (χ4n) is 3.45. The summed E-state index contributed by atoms with van der Waals surface area (Å²) < 4.78 is 16.2. The first-order valence-electron chi connectivity index (χ1n) is 10.3. The average Bonchev–Trinajstić information content (AvgIpc) is 3.38. The molecule has 0 bridgehead atoms. The van der Waals surface area contributed by atoms with Crippen LogP contribution < -0.4 is 14.8 Å². The Balaban J connectivity index is 1.68. The minimum absolute atomic E-state index is 0.0522. The molecule has 0 saturated heterocycles. The van der Waals surface area contributed by atoms with Crippen molar-refractivity contribution in [3.63, 3.8) is 0 Å². The van der Waals surface area contributed by atoms with Crippen LogP contribution in [0.1, 0.15) is 25.2 Å². The largest absolute Gasteiger partial charge is 0.497 e. The predicted octanol–water partition coefficient (Wildman–Crippen LogP) is 4.47. The molecule has 0 radical (unpaired) electrons. The molecule has 0 aliphatic carbocycles. The molecule has 0 saturated carbocycles. The van der Waals surface area contributed by atoms with Crippen molar-refractivity contribution in [3.8, 4) is 11.5 Å². The van der Waals surface area contributed by atoms with E-state index in [4.69, 9.17) is 13.9 Å². The number of ether oxygens (including phenoxy) is 2. The van der Waals surface area contributed by atoms with Gasteiger partial charge >= 0.3 is 0 Å². The molecule has 32 heavy (non-hydrogen) atoms. The summed E-state index contributed by atoms with van der Waals surface area (Å²) in [5.41, 5.74) is 1.80. The van der Waals surface area contributed by atoms with Gasteiger partial charge in [-0.05, 0) is 67.9 Å². The maximum Gasteiger partial charge on any atom is 0.278 e. The van der Waals surface area contributed by atoms with Crippen LogP contribution in [0.2, 0.25) is 0 Å².